The van der Waals surface area contributed by atoms with E-state index >= 15 is 0 Å². The first-order valence-corrected chi connectivity index (χ1v) is 6.39. The van der Waals surface area contributed by atoms with Crippen LogP contribution in [0.4, 0.5) is 11.4 Å². The van der Waals surface area contributed by atoms with Crippen molar-refractivity contribution in [3.8, 4) is 5.88 Å². The van der Waals surface area contributed by atoms with Crippen molar-refractivity contribution >= 4 is 17.3 Å². The molecule has 2 N–H and O–H groups in total. The van der Waals surface area contributed by atoms with Crippen molar-refractivity contribution < 1.29 is 9.53 Å². The molecule has 5 heteroatoms. The molecule has 0 bridgehead atoms. The number of nitrogens with one attached hydrogen (secondary N) is 2. The molecule has 5 nitrogen and oxygen atoms in total. The first-order chi connectivity index (χ1) is 9.74. The van der Waals surface area contributed by atoms with Gasteiger partial charge in [-0.1, -0.05) is 12.1 Å². The van der Waals surface area contributed by atoms with Crippen LogP contribution in [-0.4, -0.2) is 24.5 Å². The second-order valence-electron chi connectivity index (χ2n) is 4.12. The van der Waals surface area contributed by atoms with Crippen molar-refractivity contribution in [3.05, 3.63) is 48.2 Å². The molecular weight excluding hydrogens is 254 g/mol. The van der Waals surface area contributed by atoms with Crippen molar-refractivity contribution in [2.75, 3.05) is 24.3 Å². The highest BCUT2D eigenvalue weighted by Gasteiger charge is 2.10. The largest absolute Gasteiger partial charge is 0.481 e. The fourth-order valence-electron chi connectivity index (χ4n) is 1.80. The number of rotatable bonds is 5. The van der Waals surface area contributed by atoms with Crippen LogP contribution in [0.25, 0.3) is 0 Å². The second kappa shape index (κ2) is 6.56. The van der Waals surface area contributed by atoms with Crippen LogP contribution in [0.3, 0.4) is 0 Å². The third kappa shape index (κ3) is 3.26. The summed E-state index contributed by atoms with van der Waals surface area (Å²) in [6, 6.07) is 10.8. The Morgan fingerprint density at radius 2 is 2.05 bits per heavy atom. The maximum atomic E-state index is 12.3. The lowest BCUT2D eigenvalue weighted by Gasteiger charge is -2.11. The van der Waals surface area contributed by atoms with Crippen molar-refractivity contribution in [1.29, 1.82) is 0 Å². The van der Waals surface area contributed by atoms with Crippen molar-refractivity contribution in [2.24, 2.45) is 0 Å². The Kier molecular flexibility index (Phi) is 4.55. The Morgan fingerprint density at radius 1 is 1.25 bits per heavy atom. The number of hydrogen-bond donors (Lipinski definition) is 2. The van der Waals surface area contributed by atoms with Crippen LogP contribution >= 0.6 is 0 Å². The Balaban J connectivity index is 2.15. The van der Waals surface area contributed by atoms with E-state index < -0.39 is 0 Å². The van der Waals surface area contributed by atoms with Gasteiger partial charge in [0, 0.05) is 18.3 Å². The van der Waals surface area contributed by atoms with Gasteiger partial charge in [0.05, 0.1) is 24.6 Å². The number of amides is 1. The number of benzene rings is 1. The summed E-state index contributed by atoms with van der Waals surface area (Å²) in [5.74, 6) is 0.338. The first-order valence-electron chi connectivity index (χ1n) is 6.39. The number of ether oxygens (including phenoxy) is 1. The monoisotopic (exact) mass is 271 g/mol. The lowest BCUT2D eigenvalue weighted by atomic mass is 10.1. The molecule has 2 rings (SSSR count). The smallest absolute Gasteiger partial charge is 0.257 e. The van der Waals surface area contributed by atoms with Crippen LogP contribution in [0.2, 0.25) is 0 Å². The van der Waals surface area contributed by atoms with Gasteiger partial charge < -0.3 is 15.4 Å². The minimum Gasteiger partial charge on any atom is -0.481 e. The summed E-state index contributed by atoms with van der Waals surface area (Å²) in [7, 11) is 1.55. The molecular formula is C15H17N3O2. The summed E-state index contributed by atoms with van der Waals surface area (Å²) in [4.78, 5) is 16.3. The molecule has 0 saturated heterocycles. The molecule has 0 radical (unpaired) electrons. The molecule has 104 valence electrons. The highest BCUT2D eigenvalue weighted by Crippen LogP contribution is 2.17. The van der Waals surface area contributed by atoms with Gasteiger partial charge in [-0.25, -0.2) is 4.98 Å². The lowest BCUT2D eigenvalue weighted by molar-refractivity contribution is 0.102. The standard InChI is InChI=1S/C15H17N3O2/c1-3-16-13-7-5-4-6-12(13)15(19)18-11-8-9-14(20-2)17-10-11/h4-10,16H,3H2,1-2H3,(H,18,19). The van der Waals surface area contributed by atoms with Crippen molar-refractivity contribution in [3.63, 3.8) is 0 Å². The Labute approximate surface area is 118 Å². The molecule has 0 fully saturated rings. The van der Waals surface area contributed by atoms with Crippen LogP contribution in [0.5, 0.6) is 5.88 Å². The van der Waals surface area contributed by atoms with E-state index in [2.05, 4.69) is 15.6 Å². The molecule has 0 unspecified atom stereocenters. The SMILES string of the molecule is CCNc1ccccc1C(=O)Nc1ccc(OC)nc1. The van der Waals surface area contributed by atoms with Gasteiger partial charge in [0.1, 0.15) is 0 Å². The van der Waals surface area contributed by atoms with Crippen LogP contribution < -0.4 is 15.4 Å². The molecule has 0 saturated carbocycles. The topological polar surface area (TPSA) is 63.2 Å². The van der Waals surface area contributed by atoms with Gasteiger partial charge in [-0.15, -0.1) is 0 Å². The van der Waals surface area contributed by atoms with Gasteiger partial charge in [0.2, 0.25) is 5.88 Å². The third-order valence-electron chi connectivity index (χ3n) is 2.74. The van der Waals surface area contributed by atoms with Crippen molar-refractivity contribution in [2.45, 2.75) is 6.92 Å². The molecule has 0 aliphatic rings. The molecule has 0 atom stereocenters. The molecule has 1 heterocycles. The zero-order chi connectivity index (χ0) is 14.4. The van der Waals surface area contributed by atoms with Crippen LogP contribution in [-0.2, 0) is 0 Å². The van der Waals surface area contributed by atoms with E-state index in [-0.39, 0.29) is 5.91 Å². The first kappa shape index (κ1) is 13.9. The van der Waals surface area contributed by atoms with E-state index in [1.165, 1.54) is 0 Å². The van der Waals surface area contributed by atoms with Gasteiger partial charge in [0.15, 0.2) is 0 Å². The predicted molar refractivity (Wildman–Crippen MR) is 79.3 cm³/mol. The molecule has 0 aliphatic heterocycles. The minimum absolute atomic E-state index is 0.173. The number of carbonyl (C=O) groups excluding carboxylic acids is 1. The van der Waals surface area contributed by atoms with E-state index in [4.69, 9.17) is 4.74 Å². The minimum atomic E-state index is -0.173. The Bertz CT molecular complexity index is 582. The maximum absolute atomic E-state index is 12.3. The number of carbonyl (C=O) groups is 1. The summed E-state index contributed by atoms with van der Waals surface area (Å²) in [6.07, 6.45) is 1.56. The molecule has 0 aliphatic carbocycles. The molecule has 1 aromatic carbocycles. The van der Waals surface area contributed by atoms with Gasteiger partial charge in [-0.2, -0.15) is 0 Å². The summed E-state index contributed by atoms with van der Waals surface area (Å²) in [6.45, 7) is 2.75. The molecule has 1 aromatic heterocycles. The highest BCUT2D eigenvalue weighted by molar-refractivity contribution is 6.07. The fraction of sp³-hybridized carbons (Fsp3) is 0.200. The van der Waals surface area contributed by atoms with E-state index in [0.717, 1.165) is 12.2 Å². The van der Waals surface area contributed by atoms with Gasteiger partial charge in [0.25, 0.3) is 5.91 Å². The van der Waals surface area contributed by atoms with Gasteiger partial charge in [-0.3, -0.25) is 4.79 Å². The normalized spacial score (nSPS) is 9.90. The maximum Gasteiger partial charge on any atom is 0.257 e. The number of anilines is 2. The average molecular weight is 271 g/mol. The van der Waals surface area contributed by atoms with Gasteiger partial charge in [-0.05, 0) is 25.1 Å². The van der Waals surface area contributed by atoms with Crippen LogP contribution in [0.15, 0.2) is 42.6 Å². The van der Waals surface area contributed by atoms with Crippen LogP contribution in [0.1, 0.15) is 17.3 Å². The number of pyridine rings is 1. The van der Waals surface area contributed by atoms with E-state index in [0.29, 0.717) is 17.1 Å². The summed E-state index contributed by atoms with van der Waals surface area (Å²) in [5.41, 5.74) is 2.04. The molecule has 2 aromatic rings. The average Bonchev–Trinajstić information content (AvgIpc) is 2.49. The number of hydrogen-bond acceptors (Lipinski definition) is 4. The second-order valence-corrected chi connectivity index (χ2v) is 4.12. The summed E-state index contributed by atoms with van der Waals surface area (Å²) < 4.78 is 4.98. The van der Waals surface area contributed by atoms with Gasteiger partial charge >= 0.3 is 0 Å². The van der Waals surface area contributed by atoms with E-state index in [1.807, 2.05) is 25.1 Å². The number of nitrogens with zero attached hydrogens (tertiary/aromatic N) is 1. The predicted octanol–water partition coefficient (Wildman–Crippen LogP) is 2.77. The number of methoxy groups -OCH3 is 1. The fourth-order valence-corrected chi connectivity index (χ4v) is 1.80. The highest BCUT2D eigenvalue weighted by atomic mass is 16.5. The molecule has 20 heavy (non-hydrogen) atoms. The quantitative estimate of drug-likeness (QED) is 0.877. The summed E-state index contributed by atoms with van der Waals surface area (Å²) >= 11 is 0. The summed E-state index contributed by atoms with van der Waals surface area (Å²) in [5, 5.41) is 5.98. The zero-order valence-corrected chi connectivity index (χ0v) is 11.5. The molecule has 0 spiro atoms. The van der Waals surface area contributed by atoms with Crippen molar-refractivity contribution in [1.82, 2.24) is 4.98 Å². The van der Waals surface area contributed by atoms with Crippen LogP contribution in [0, 0.1) is 0 Å². The lowest BCUT2D eigenvalue weighted by Crippen LogP contribution is -2.14. The zero-order valence-electron chi connectivity index (χ0n) is 11.5. The Hall–Kier alpha value is -2.56. The number of para-hydroxylation sites is 1. The molecule has 1 amide bonds. The third-order valence-corrected chi connectivity index (χ3v) is 2.74. The van der Waals surface area contributed by atoms with E-state index in [1.54, 1.807) is 31.5 Å². The Morgan fingerprint density at radius 3 is 2.70 bits per heavy atom. The van der Waals surface area contributed by atoms with E-state index in [9.17, 15) is 4.79 Å². The number of aromatic nitrogens is 1.